The third-order valence-electron chi connectivity index (χ3n) is 2.56. The molecule has 0 atom stereocenters. The van der Waals surface area contributed by atoms with Gasteiger partial charge in [0.2, 0.25) is 5.95 Å². The Morgan fingerprint density at radius 2 is 2.10 bits per heavy atom. The van der Waals surface area contributed by atoms with Crippen LogP contribution in [0.25, 0.3) is 11.3 Å². The molecule has 20 heavy (non-hydrogen) atoms. The quantitative estimate of drug-likeness (QED) is 0.880. The Morgan fingerprint density at radius 3 is 2.75 bits per heavy atom. The van der Waals surface area contributed by atoms with Crippen LogP contribution in [0.15, 0.2) is 18.2 Å². The lowest BCUT2D eigenvalue weighted by atomic mass is 10.1. The van der Waals surface area contributed by atoms with Crippen LogP contribution >= 0.6 is 0 Å². The number of nitrogens with two attached hydrogens (primary N) is 2. The van der Waals surface area contributed by atoms with Gasteiger partial charge in [-0.3, -0.25) is 0 Å². The predicted molar refractivity (Wildman–Crippen MR) is 72.1 cm³/mol. The van der Waals surface area contributed by atoms with Gasteiger partial charge in [-0.05, 0) is 19.1 Å². The van der Waals surface area contributed by atoms with Crippen LogP contribution in [-0.4, -0.2) is 16.6 Å². The average Bonchev–Trinajstić information content (AvgIpc) is 2.38. The Bertz CT molecular complexity index is 696. The van der Waals surface area contributed by atoms with Gasteiger partial charge in [-0.25, -0.2) is 9.37 Å². The van der Waals surface area contributed by atoms with E-state index < -0.39 is 5.82 Å². The normalized spacial score (nSPS) is 10.1. The van der Waals surface area contributed by atoms with Crippen LogP contribution in [0.5, 0.6) is 5.75 Å². The summed E-state index contributed by atoms with van der Waals surface area (Å²) < 4.78 is 18.7. The van der Waals surface area contributed by atoms with E-state index in [0.717, 1.165) is 0 Å². The molecule has 0 unspecified atom stereocenters. The van der Waals surface area contributed by atoms with Gasteiger partial charge in [0.15, 0.2) is 0 Å². The fourth-order valence-electron chi connectivity index (χ4n) is 1.77. The molecule has 0 fully saturated rings. The maximum atomic E-state index is 13.3. The van der Waals surface area contributed by atoms with E-state index in [1.165, 1.54) is 18.2 Å². The number of hydrogen-bond acceptors (Lipinski definition) is 6. The summed E-state index contributed by atoms with van der Waals surface area (Å²) in [6.07, 6.45) is 0. The summed E-state index contributed by atoms with van der Waals surface area (Å²) in [4.78, 5) is 7.74. The van der Waals surface area contributed by atoms with Gasteiger partial charge in [0.1, 0.15) is 29.0 Å². The molecule has 4 N–H and O–H groups in total. The molecule has 7 heteroatoms. The zero-order valence-electron chi connectivity index (χ0n) is 10.7. The first-order valence-electron chi connectivity index (χ1n) is 5.82. The second-order valence-electron chi connectivity index (χ2n) is 3.88. The number of nitrogens with zero attached hydrogens (tertiary/aromatic N) is 3. The topological polar surface area (TPSA) is 111 Å². The van der Waals surface area contributed by atoms with E-state index in [9.17, 15) is 4.39 Å². The van der Waals surface area contributed by atoms with Crippen molar-refractivity contribution in [1.82, 2.24) is 9.97 Å². The number of nitriles is 1. The molecule has 0 saturated heterocycles. The molecular weight excluding hydrogens is 261 g/mol. The van der Waals surface area contributed by atoms with Gasteiger partial charge in [0.25, 0.3) is 0 Å². The second-order valence-corrected chi connectivity index (χ2v) is 3.88. The number of anilines is 2. The average molecular weight is 273 g/mol. The molecule has 2 aromatic rings. The lowest BCUT2D eigenvalue weighted by Crippen LogP contribution is -2.06. The predicted octanol–water partition coefficient (Wildman–Crippen LogP) is 1.72. The molecule has 2 rings (SSSR count). The van der Waals surface area contributed by atoms with Gasteiger partial charge in [0, 0.05) is 11.6 Å². The Kier molecular flexibility index (Phi) is 3.66. The summed E-state index contributed by atoms with van der Waals surface area (Å²) in [5.74, 6) is -0.280. The Morgan fingerprint density at radius 1 is 1.35 bits per heavy atom. The number of aromatic nitrogens is 2. The van der Waals surface area contributed by atoms with E-state index in [1.54, 1.807) is 6.92 Å². The van der Waals surface area contributed by atoms with Gasteiger partial charge in [0.05, 0.1) is 12.3 Å². The number of nitrogen functional groups attached to an aromatic ring is 2. The third kappa shape index (κ3) is 2.44. The van der Waals surface area contributed by atoms with E-state index in [-0.39, 0.29) is 28.8 Å². The first-order chi connectivity index (χ1) is 9.56. The molecule has 0 aliphatic heterocycles. The molecule has 0 aliphatic carbocycles. The summed E-state index contributed by atoms with van der Waals surface area (Å²) >= 11 is 0. The van der Waals surface area contributed by atoms with E-state index in [1.807, 2.05) is 6.07 Å². The molecule has 0 aliphatic rings. The number of rotatable bonds is 3. The highest BCUT2D eigenvalue weighted by Gasteiger charge is 2.17. The van der Waals surface area contributed by atoms with E-state index >= 15 is 0 Å². The molecule has 1 aromatic carbocycles. The highest BCUT2D eigenvalue weighted by atomic mass is 19.1. The molecule has 0 amide bonds. The summed E-state index contributed by atoms with van der Waals surface area (Å²) in [6.45, 7) is 2.11. The fraction of sp³-hybridized carbons (Fsp3) is 0.154. The van der Waals surface area contributed by atoms with Gasteiger partial charge < -0.3 is 16.2 Å². The third-order valence-corrected chi connectivity index (χ3v) is 2.56. The van der Waals surface area contributed by atoms with Crippen LogP contribution in [0, 0.1) is 17.1 Å². The van der Waals surface area contributed by atoms with Crippen molar-refractivity contribution in [2.45, 2.75) is 6.92 Å². The maximum Gasteiger partial charge on any atom is 0.222 e. The van der Waals surface area contributed by atoms with Crippen molar-refractivity contribution in [3.05, 3.63) is 29.6 Å². The molecule has 102 valence electrons. The zero-order chi connectivity index (χ0) is 14.7. The van der Waals surface area contributed by atoms with E-state index in [4.69, 9.17) is 21.5 Å². The van der Waals surface area contributed by atoms with E-state index in [2.05, 4.69) is 9.97 Å². The highest BCUT2D eigenvalue weighted by molar-refractivity contribution is 5.77. The summed E-state index contributed by atoms with van der Waals surface area (Å²) in [5, 5.41) is 9.16. The minimum Gasteiger partial charge on any atom is -0.493 e. The first-order valence-corrected chi connectivity index (χ1v) is 5.82. The lowest BCUT2D eigenvalue weighted by molar-refractivity contribution is 0.339. The Hall–Kier alpha value is -2.88. The standard InChI is InChI=1S/C13H12FN5O/c1-2-20-10-5-7(14)3-4-8(10)11-9(6-15)12(16)19-13(17)18-11/h3-5H,2H2,1H3,(H4,16,17,18,19). The van der Waals surface area contributed by atoms with Gasteiger partial charge in [-0.2, -0.15) is 10.2 Å². The van der Waals surface area contributed by atoms with Gasteiger partial charge in [-0.1, -0.05) is 0 Å². The first kappa shape index (κ1) is 13.5. The van der Waals surface area contributed by atoms with Crippen LogP contribution < -0.4 is 16.2 Å². The molecule has 1 aromatic heterocycles. The van der Waals surface area contributed by atoms with Crippen molar-refractivity contribution in [2.24, 2.45) is 0 Å². The minimum absolute atomic E-state index is 0.0261. The van der Waals surface area contributed by atoms with Gasteiger partial charge >= 0.3 is 0 Å². The van der Waals surface area contributed by atoms with Crippen molar-refractivity contribution < 1.29 is 9.13 Å². The van der Waals surface area contributed by atoms with Crippen molar-refractivity contribution >= 4 is 11.8 Å². The van der Waals surface area contributed by atoms with Crippen molar-refractivity contribution in [3.63, 3.8) is 0 Å². The highest BCUT2D eigenvalue weighted by Crippen LogP contribution is 2.33. The van der Waals surface area contributed by atoms with Crippen molar-refractivity contribution in [2.75, 3.05) is 18.1 Å². The lowest BCUT2D eigenvalue weighted by Gasteiger charge is -2.12. The molecule has 0 radical (unpaired) electrons. The minimum atomic E-state index is -0.453. The van der Waals surface area contributed by atoms with Crippen LogP contribution in [0.3, 0.4) is 0 Å². The molecule has 0 bridgehead atoms. The Balaban J connectivity index is 2.71. The monoisotopic (exact) mass is 273 g/mol. The number of benzene rings is 1. The van der Waals surface area contributed by atoms with Crippen LogP contribution in [0.2, 0.25) is 0 Å². The smallest absolute Gasteiger partial charge is 0.222 e. The molecule has 1 heterocycles. The van der Waals surface area contributed by atoms with Crippen molar-refractivity contribution in [3.8, 4) is 23.1 Å². The SMILES string of the molecule is CCOc1cc(F)ccc1-c1nc(N)nc(N)c1C#N. The molecule has 6 nitrogen and oxygen atoms in total. The second kappa shape index (κ2) is 5.40. The molecular formula is C13H12FN5O. The van der Waals surface area contributed by atoms with E-state index in [0.29, 0.717) is 12.2 Å². The van der Waals surface area contributed by atoms with Crippen LogP contribution in [-0.2, 0) is 0 Å². The fourth-order valence-corrected chi connectivity index (χ4v) is 1.77. The molecule has 0 saturated carbocycles. The largest absolute Gasteiger partial charge is 0.493 e. The van der Waals surface area contributed by atoms with Crippen molar-refractivity contribution in [1.29, 1.82) is 5.26 Å². The summed E-state index contributed by atoms with van der Waals surface area (Å²) in [5.41, 5.74) is 11.9. The number of hydrogen-bond donors (Lipinski definition) is 2. The van der Waals surface area contributed by atoms with Crippen LogP contribution in [0.4, 0.5) is 16.2 Å². The number of halogens is 1. The van der Waals surface area contributed by atoms with Gasteiger partial charge in [-0.15, -0.1) is 0 Å². The maximum absolute atomic E-state index is 13.3. The molecule has 0 spiro atoms. The Labute approximate surface area is 114 Å². The van der Waals surface area contributed by atoms with Crippen LogP contribution in [0.1, 0.15) is 12.5 Å². The zero-order valence-corrected chi connectivity index (χ0v) is 10.7. The summed E-state index contributed by atoms with van der Waals surface area (Å²) in [6, 6.07) is 5.84. The number of ether oxygens (including phenoxy) is 1. The summed E-state index contributed by atoms with van der Waals surface area (Å²) in [7, 11) is 0.